The van der Waals surface area contributed by atoms with Gasteiger partial charge in [0.25, 0.3) is 0 Å². The fourth-order valence-electron chi connectivity index (χ4n) is 3.04. The lowest BCUT2D eigenvalue weighted by molar-refractivity contribution is 0.390. The van der Waals surface area contributed by atoms with Crippen LogP contribution in [0.3, 0.4) is 0 Å². The highest BCUT2D eigenvalue weighted by Crippen LogP contribution is 2.30. The molecule has 0 radical (unpaired) electrons. The van der Waals surface area contributed by atoms with Crippen LogP contribution in [0.1, 0.15) is 36.6 Å². The van der Waals surface area contributed by atoms with Gasteiger partial charge >= 0.3 is 0 Å². The van der Waals surface area contributed by atoms with Crippen LogP contribution in [0.2, 0.25) is 0 Å². The summed E-state index contributed by atoms with van der Waals surface area (Å²) < 4.78 is 28.3. The van der Waals surface area contributed by atoms with Gasteiger partial charge in [0.15, 0.2) is 9.84 Å². The lowest BCUT2D eigenvalue weighted by atomic mass is 9.93. The molecule has 0 saturated carbocycles. The highest BCUT2D eigenvalue weighted by molar-refractivity contribution is 7.91. The molecule has 0 aromatic carbocycles. The molecule has 1 aliphatic carbocycles. The summed E-state index contributed by atoms with van der Waals surface area (Å²) in [4.78, 5) is 0. The van der Waals surface area contributed by atoms with E-state index in [-0.39, 0.29) is 5.92 Å². The Morgan fingerprint density at radius 3 is 3.06 bits per heavy atom. The lowest BCUT2D eigenvalue weighted by Crippen LogP contribution is -2.29. The summed E-state index contributed by atoms with van der Waals surface area (Å²) in [5.74, 6) is 2.09. The second kappa shape index (κ2) is 4.70. The summed E-state index contributed by atoms with van der Waals surface area (Å²) in [5, 5.41) is 3.52. The Morgan fingerprint density at radius 1 is 1.39 bits per heavy atom. The smallest absolute Gasteiger partial charge is 0.150 e. The Hall–Kier alpha value is -0.810. The first kappa shape index (κ1) is 12.2. The summed E-state index contributed by atoms with van der Waals surface area (Å²) in [5.41, 5.74) is 1.27. The fraction of sp³-hybridized carbons (Fsp3) is 0.692. The molecule has 0 spiro atoms. The van der Waals surface area contributed by atoms with Gasteiger partial charge in [0.05, 0.1) is 17.8 Å². The van der Waals surface area contributed by atoms with Crippen LogP contribution in [0, 0.1) is 5.92 Å². The van der Waals surface area contributed by atoms with Gasteiger partial charge in [-0.15, -0.1) is 0 Å². The third kappa shape index (κ3) is 2.47. The zero-order valence-electron chi connectivity index (χ0n) is 10.4. The third-order valence-corrected chi connectivity index (χ3v) is 5.87. The first-order valence-corrected chi connectivity index (χ1v) is 8.46. The molecule has 5 heteroatoms. The number of fused-ring (bicyclic) bond motifs is 1. The number of hydrogen-bond donors (Lipinski definition) is 1. The molecule has 2 atom stereocenters. The van der Waals surface area contributed by atoms with E-state index in [1.165, 1.54) is 5.56 Å². The predicted molar refractivity (Wildman–Crippen MR) is 69.2 cm³/mol. The maximum atomic E-state index is 11.4. The highest BCUT2D eigenvalue weighted by Gasteiger charge is 2.29. The van der Waals surface area contributed by atoms with Crippen LogP contribution < -0.4 is 5.32 Å². The summed E-state index contributed by atoms with van der Waals surface area (Å²) >= 11 is 0. The zero-order valence-corrected chi connectivity index (χ0v) is 11.2. The van der Waals surface area contributed by atoms with E-state index in [0.29, 0.717) is 17.5 Å². The van der Waals surface area contributed by atoms with Gasteiger partial charge in [0.2, 0.25) is 0 Å². The van der Waals surface area contributed by atoms with Crippen LogP contribution in [0.25, 0.3) is 0 Å². The van der Waals surface area contributed by atoms with Crippen LogP contribution in [-0.4, -0.2) is 26.5 Å². The fourth-order valence-corrected chi connectivity index (χ4v) is 4.90. The number of rotatable bonds is 3. The summed E-state index contributed by atoms with van der Waals surface area (Å²) in [6.07, 6.45) is 5.84. The minimum absolute atomic E-state index is 0.285. The molecule has 1 fully saturated rings. The number of aryl methyl sites for hydroxylation is 1. The van der Waals surface area contributed by atoms with E-state index >= 15 is 0 Å². The van der Waals surface area contributed by atoms with E-state index in [9.17, 15) is 8.42 Å². The molecule has 1 N–H and O–H groups in total. The van der Waals surface area contributed by atoms with Crippen molar-refractivity contribution in [3.8, 4) is 0 Å². The van der Waals surface area contributed by atoms with Gasteiger partial charge in [-0.1, -0.05) is 0 Å². The molecule has 1 aromatic rings. The third-order valence-electron chi connectivity index (χ3n) is 4.03. The van der Waals surface area contributed by atoms with E-state index < -0.39 is 9.84 Å². The Balaban J connectivity index is 1.59. The van der Waals surface area contributed by atoms with Crippen LogP contribution in [-0.2, 0) is 16.3 Å². The van der Waals surface area contributed by atoms with Crippen molar-refractivity contribution < 1.29 is 12.8 Å². The van der Waals surface area contributed by atoms with Crippen molar-refractivity contribution >= 4 is 9.84 Å². The molecule has 0 bridgehead atoms. The van der Waals surface area contributed by atoms with E-state index in [1.807, 2.05) is 6.07 Å². The average molecular weight is 269 g/mol. The van der Waals surface area contributed by atoms with Gasteiger partial charge in [-0.05, 0) is 37.8 Å². The van der Waals surface area contributed by atoms with Crippen molar-refractivity contribution in [3.05, 3.63) is 23.7 Å². The van der Waals surface area contributed by atoms with E-state index in [2.05, 4.69) is 5.32 Å². The lowest BCUT2D eigenvalue weighted by Gasteiger charge is -2.24. The molecular formula is C13H19NO3S. The normalized spacial score (nSPS) is 30.2. The Labute approximate surface area is 108 Å². The number of hydrogen-bond acceptors (Lipinski definition) is 4. The van der Waals surface area contributed by atoms with Crippen molar-refractivity contribution in [1.82, 2.24) is 5.32 Å². The predicted octanol–water partition coefficient (Wildman–Crippen LogP) is 1.68. The largest absolute Gasteiger partial charge is 0.469 e. The molecule has 1 aromatic heterocycles. The SMILES string of the molecule is O=S1(=O)CCC(CNC2CCCc3occc32)C1. The molecule has 4 nitrogen and oxygen atoms in total. The molecule has 2 aliphatic rings. The number of nitrogens with one attached hydrogen (secondary N) is 1. The molecule has 0 amide bonds. The van der Waals surface area contributed by atoms with Crippen molar-refractivity contribution in [3.63, 3.8) is 0 Å². The van der Waals surface area contributed by atoms with Crippen molar-refractivity contribution in [2.45, 2.75) is 31.7 Å². The average Bonchev–Trinajstić information content (AvgIpc) is 2.92. The van der Waals surface area contributed by atoms with E-state index in [0.717, 1.165) is 38.0 Å². The van der Waals surface area contributed by atoms with Crippen LogP contribution in [0.5, 0.6) is 0 Å². The standard InChI is InChI=1S/C13H19NO3S/c15-18(16)7-5-10(9-18)8-14-12-2-1-3-13-11(12)4-6-17-13/h4,6,10,12,14H,1-3,5,7-9H2. The van der Waals surface area contributed by atoms with Gasteiger partial charge in [-0.25, -0.2) is 8.42 Å². The maximum Gasteiger partial charge on any atom is 0.150 e. The molecule has 1 saturated heterocycles. The molecule has 3 rings (SSSR count). The van der Waals surface area contributed by atoms with Crippen molar-refractivity contribution in [2.75, 3.05) is 18.1 Å². The van der Waals surface area contributed by atoms with Gasteiger partial charge in [-0.2, -0.15) is 0 Å². The topological polar surface area (TPSA) is 59.3 Å². The van der Waals surface area contributed by atoms with Crippen LogP contribution in [0.15, 0.2) is 16.7 Å². The van der Waals surface area contributed by atoms with E-state index in [4.69, 9.17) is 4.42 Å². The van der Waals surface area contributed by atoms with Gasteiger partial charge < -0.3 is 9.73 Å². The molecule has 2 unspecified atom stereocenters. The number of furan rings is 1. The second-order valence-corrected chi connectivity index (χ2v) is 7.65. The van der Waals surface area contributed by atoms with Gasteiger partial charge in [0, 0.05) is 18.0 Å². The first-order valence-electron chi connectivity index (χ1n) is 6.64. The Kier molecular flexibility index (Phi) is 3.20. The minimum atomic E-state index is -2.76. The first-order chi connectivity index (χ1) is 8.64. The van der Waals surface area contributed by atoms with Gasteiger partial charge in [0.1, 0.15) is 5.76 Å². The molecule has 2 heterocycles. The molecule has 18 heavy (non-hydrogen) atoms. The highest BCUT2D eigenvalue weighted by atomic mass is 32.2. The summed E-state index contributed by atoms with van der Waals surface area (Å²) in [6.45, 7) is 0.800. The number of sulfone groups is 1. The van der Waals surface area contributed by atoms with Crippen LogP contribution in [0.4, 0.5) is 0 Å². The van der Waals surface area contributed by atoms with Crippen molar-refractivity contribution in [1.29, 1.82) is 0 Å². The van der Waals surface area contributed by atoms with Crippen molar-refractivity contribution in [2.24, 2.45) is 5.92 Å². The zero-order chi connectivity index (χ0) is 12.6. The minimum Gasteiger partial charge on any atom is -0.469 e. The van der Waals surface area contributed by atoms with Gasteiger partial charge in [-0.3, -0.25) is 0 Å². The monoisotopic (exact) mass is 269 g/mol. The second-order valence-electron chi connectivity index (χ2n) is 5.42. The quantitative estimate of drug-likeness (QED) is 0.907. The van der Waals surface area contributed by atoms with E-state index in [1.54, 1.807) is 6.26 Å². The molecular weight excluding hydrogens is 250 g/mol. The molecule has 1 aliphatic heterocycles. The summed E-state index contributed by atoms with van der Waals surface area (Å²) in [6, 6.07) is 2.38. The van der Waals surface area contributed by atoms with Crippen LogP contribution >= 0.6 is 0 Å². The Bertz CT molecular complexity index is 520. The summed E-state index contributed by atoms with van der Waals surface area (Å²) in [7, 11) is -2.76. The Morgan fingerprint density at radius 2 is 2.28 bits per heavy atom. The maximum absolute atomic E-state index is 11.4. The molecule has 100 valence electrons.